The Hall–Kier alpha value is -5.18. The third-order valence-corrected chi connectivity index (χ3v) is 6.25. The number of carbonyl (C=O) groups excluding carboxylic acids is 1. The van der Waals surface area contributed by atoms with Crippen LogP contribution in [0.5, 0.6) is 5.75 Å². The summed E-state index contributed by atoms with van der Waals surface area (Å²) in [5, 5.41) is 1.44. The van der Waals surface area contributed by atoms with Crippen LogP contribution in [0.25, 0.3) is 43.8 Å². The number of hydrogen-bond donors (Lipinski definition) is 0. The first-order chi connectivity index (χ1) is 18.7. The van der Waals surface area contributed by atoms with Gasteiger partial charge in [-0.3, -0.25) is 4.79 Å². The fourth-order valence-corrected chi connectivity index (χ4v) is 4.49. The first-order valence-corrected chi connectivity index (χ1v) is 11.6. The summed E-state index contributed by atoms with van der Waals surface area (Å²) in [6.07, 6.45) is -5.00. The Kier molecular flexibility index (Phi) is 5.57. The summed E-state index contributed by atoms with van der Waals surface area (Å²) in [6, 6.07) is 22.8. The number of halogens is 3. The molecule has 6 aromatic rings. The molecule has 0 spiro atoms. The molecule has 192 valence electrons. The van der Waals surface area contributed by atoms with Crippen LogP contribution in [0.4, 0.5) is 13.2 Å². The van der Waals surface area contributed by atoms with E-state index in [9.17, 15) is 27.6 Å². The molecule has 6 nitrogen and oxygen atoms in total. The van der Waals surface area contributed by atoms with Gasteiger partial charge in [0.05, 0.1) is 10.9 Å². The Labute approximate surface area is 216 Å². The van der Waals surface area contributed by atoms with Gasteiger partial charge in [0.25, 0.3) is 0 Å². The van der Waals surface area contributed by atoms with Crippen molar-refractivity contribution in [3.05, 3.63) is 123 Å². The Morgan fingerprint density at radius 2 is 1.44 bits per heavy atom. The van der Waals surface area contributed by atoms with Crippen molar-refractivity contribution < 1.29 is 31.5 Å². The Balaban J connectivity index is 1.47. The molecule has 6 rings (SSSR count). The lowest BCUT2D eigenvalue weighted by Gasteiger charge is -2.14. The van der Waals surface area contributed by atoms with E-state index in [4.69, 9.17) is 13.6 Å². The van der Waals surface area contributed by atoms with Crippen LogP contribution < -0.4 is 15.8 Å². The molecular formula is C30H15F3O6. The van der Waals surface area contributed by atoms with Crippen molar-refractivity contribution >= 4 is 38.7 Å². The lowest BCUT2D eigenvalue weighted by atomic mass is 9.96. The number of alkyl halides is 3. The molecule has 0 N–H and O–H groups in total. The molecule has 0 fully saturated rings. The van der Waals surface area contributed by atoms with E-state index >= 15 is 0 Å². The molecule has 0 radical (unpaired) electrons. The lowest BCUT2D eigenvalue weighted by Crippen LogP contribution is -2.19. The van der Waals surface area contributed by atoms with Gasteiger partial charge < -0.3 is 13.6 Å². The van der Waals surface area contributed by atoms with Gasteiger partial charge >= 0.3 is 17.8 Å². The van der Waals surface area contributed by atoms with Gasteiger partial charge in [0.2, 0.25) is 11.2 Å². The van der Waals surface area contributed by atoms with E-state index in [-0.39, 0.29) is 22.3 Å². The zero-order valence-electron chi connectivity index (χ0n) is 19.7. The molecule has 39 heavy (non-hydrogen) atoms. The molecule has 0 saturated heterocycles. The first kappa shape index (κ1) is 24.2. The molecule has 0 unspecified atom stereocenters. The number of hydrogen-bond acceptors (Lipinski definition) is 6. The van der Waals surface area contributed by atoms with E-state index in [2.05, 4.69) is 0 Å². The molecule has 0 saturated carbocycles. The zero-order valence-corrected chi connectivity index (χ0v) is 19.7. The SMILES string of the molecule is O=C(Oc1ccc2c(=O)c(-c3cccc4ccccc34)c(C(F)(F)F)oc2c1)c1cc2ccccc2oc1=O. The van der Waals surface area contributed by atoms with Crippen molar-refractivity contribution in [1.29, 1.82) is 0 Å². The smallest absolute Gasteiger partial charge is 0.450 e. The molecular weight excluding hydrogens is 513 g/mol. The summed E-state index contributed by atoms with van der Waals surface area (Å²) in [4.78, 5) is 38.4. The number of esters is 1. The van der Waals surface area contributed by atoms with Gasteiger partial charge in [-0.05, 0) is 40.6 Å². The van der Waals surface area contributed by atoms with Crippen molar-refractivity contribution in [2.45, 2.75) is 6.18 Å². The zero-order chi connectivity index (χ0) is 27.3. The number of benzene rings is 4. The van der Waals surface area contributed by atoms with Crippen LogP contribution in [0.1, 0.15) is 16.1 Å². The third kappa shape index (κ3) is 4.23. The third-order valence-electron chi connectivity index (χ3n) is 6.25. The molecule has 0 atom stereocenters. The van der Waals surface area contributed by atoms with Gasteiger partial charge in [-0.15, -0.1) is 0 Å². The van der Waals surface area contributed by atoms with E-state index in [1.165, 1.54) is 24.3 Å². The average Bonchev–Trinajstić information content (AvgIpc) is 2.91. The fraction of sp³-hybridized carbons (Fsp3) is 0.0333. The predicted octanol–water partition coefficient (Wildman–Crippen LogP) is 6.96. The highest BCUT2D eigenvalue weighted by atomic mass is 19.4. The summed E-state index contributed by atoms with van der Waals surface area (Å²) >= 11 is 0. The van der Waals surface area contributed by atoms with Crippen molar-refractivity contribution in [3.8, 4) is 16.9 Å². The summed E-state index contributed by atoms with van der Waals surface area (Å²) in [5.41, 5.74) is -2.95. The minimum absolute atomic E-state index is 0.0783. The Morgan fingerprint density at radius 3 is 2.23 bits per heavy atom. The second-order valence-corrected chi connectivity index (χ2v) is 8.69. The predicted molar refractivity (Wildman–Crippen MR) is 138 cm³/mol. The number of ether oxygens (including phenoxy) is 1. The quantitative estimate of drug-likeness (QED) is 0.140. The molecule has 0 bridgehead atoms. The van der Waals surface area contributed by atoms with Gasteiger partial charge in [-0.25, -0.2) is 9.59 Å². The van der Waals surface area contributed by atoms with Crippen LogP contribution in [0.2, 0.25) is 0 Å². The molecule has 4 aromatic carbocycles. The van der Waals surface area contributed by atoms with Gasteiger partial charge in [0.1, 0.15) is 22.5 Å². The summed E-state index contributed by atoms with van der Waals surface area (Å²) < 4.78 is 58.2. The van der Waals surface area contributed by atoms with E-state index in [1.54, 1.807) is 60.7 Å². The van der Waals surface area contributed by atoms with Crippen LogP contribution in [0.3, 0.4) is 0 Å². The lowest BCUT2D eigenvalue weighted by molar-refractivity contribution is -0.152. The number of carbonyl (C=O) groups is 1. The Morgan fingerprint density at radius 1 is 0.718 bits per heavy atom. The van der Waals surface area contributed by atoms with Crippen molar-refractivity contribution in [2.75, 3.05) is 0 Å². The van der Waals surface area contributed by atoms with Crippen LogP contribution >= 0.6 is 0 Å². The highest BCUT2D eigenvalue weighted by Gasteiger charge is 2.39. The maximum atomic E-state index is 14.2. The molecule has 2 heterocycles. The number of rotatable bonds is 3. The average molecular weight is 528 g/mol. The van der Waals surface area contributed by atoms with Gasteiger partial charge in [-0.1, -0.05) is 60.7 Å². The second-order valence-electron chi connectivity index (χ2n) is 8.69. The van der Waals surface area contributed by atoms with Crippen LogP contribution in [0, 0.1) is 0 Å². The minimum atomic E-state index is -5.00. The first-order valence-electron chi connectivity index (χ1n) is 11.6. The van der Waals surface area contributed by atoms with Gasteiger partial charge in [0, 0.05) is 11.5 Å². The van der Waals surface area contributed by atoms with Crippen LogP contribution in [-0.2, 0) is 6.18 Å². The maximum Gasteiger partial charge on any atom is 0.450 e. The molecule has 0 aliphatic heterocycles. The van der Waals surface area contributed by atoms with Gasteiger partial charge in [0.15, 0.2) is 0 Å². The maximum absolute atomic E-state index is 14.2. The summed E-state index contributed by atoms with van der Waals surface area (Å²) in [5.74, 6) is -2.79. The van der Waals surface area contributed by atoms with Gasteiger partial charge in [-0.2, -0.15) is 13.2 Å². The monoisotopic (exact) mass is 528 g/mol. The normalized spacial score (nSPS) is 11.8. The van der Waals surface area contributed by atoms with Crippen LogP contribution in [0.15, 0.2) is 109 Å². The van der Waals surface area contributed by atoms with E-state index in [0.29, 0.717) is 16.2 Å². The molecule has 0 aliphatic rings. The Bertz CT molecular complexity index is 2050. The molecule has 2 aromatic heterocycles. The summed E-state index contributed by atoms with van der Waals surface area (Å²) in [6.45, 7) is 0. The largest absolute Gasteiger partial charge is 0.450 e. The molecule has 0 amide bonds. The molecule has 0 aliphatic carbocycles. The fourth-order valence-electron chi connectivity index (χ4n) is 4.49. The van der Waals surface area contributed by atoms with E-state index in [0.717, 1.165) is 6.07 Å². The second kappa shape index (κ2) is 8.98. The van der Waals surface area contributed by atoms with E-state index in [1.807, 2.05) is 0 Å². The topological polar surface area (TPSA) is 86.7 Å². The van der Waals surface area contributed by atoms with Crippen molar-refractivity contribution in [1.82, 2.24) is 0 Å². The van der Waals surface area contributed by atoms with E-state index < -0.39 is 45.7 Å². The molecule has 9 heteroatoms. The van der Waals surface area contributed by atoms with Crippen molar-refractivity contribution in [2.24, 2.45) is 0 Å². The number of fused-ring (bicyclic) bond motifs is 3. The highest BCUT2D eigenvalue weighted by molar-refractivity contribution is 5.99. The standard InChI is InChI=1S/C30H15F3O6/c31-30(32,33)27-25(20-10-5-8-16-6-1-3-9-19(16)20)26(34)21-13-12-18(15-24(21)38-27)37-28(35)22-14-17-7-2-4-11-23(17)39-29(22)36/h1-15H. The summed E-state index contributed by atoms with van der Waals surface area (Å²) in [7, 11) is 0. The number of para-hydroxylation sites is 1. The minimum Gasteiger partial charge on any atom is -0.450 e. The van der Waals surface area contributed by atoms with Crippen LogP contribution in [-0.4, -0.2) is 5.97 Å². The van der Waals surface area contributed by atoms with Crippen molar-refractivity contribution in [3.63, 3.8) is 0 Å². The highest BCUT2D eigenvalue weighted by Crippen LogP contribution is 2.39.